The molecule has 1 aromatic carbocycles. The van der Waals surface area contributed by atoms with E-state index in [1.807, 2.05) is 0 Å². The van der Waals surface area contributed by atoms with Crippen LogP contribution in [0.15, 0.2) is 17.0 Å². The molecule has 5 heteroatoms. The average Bonchev–Trinajstić information content (AvgIpc) is 2.17. The van der Waals surface area contributed by atoms with E-state index in [-0.39, 0.29) is 46.2 Å². The molecule has 0 saturated heterocycles. The summed E-state index contributed by atoms with van der Waals surface area (Å²) in [6.07, 6.45) is 1.52. The fourth-order valence-electron chi connectivity index (χ4n) is 1.000. The molecule has 1 radical (unpaired) electrons. The first-order chi connectivity index (χ1) is 6.24. The zero-order valence-corrected chi connectivity index (χ0v) is 10.5. The smallest absolute Gasteiger partial charge is 0.151 e. The number of carbonyl (C=O) groups is 3. The van der Waals surface area contributed by atoms with Gasteiger partial charge in [0.25, 0.3) is 0 Å². The van der Waals surface area contributed by atoms with Crippen LogP contribution in [0.1, 0.15) is 31.1 Å². The maximum atomic E-state index is 10.6. The van der Waals surface area contributed by atoms with E-state index < -0.39 is 0 Å². The monoisotopic (exact) mass is 217 g/mol. The Labute approximate surface area is 109 Å². The third-order valence-corrected chi connectivity index (χ3v) is 2.05. The van der Waals surface area contributed by atoms with Crippen molar-refractivity contribution < 1.29 is 14.4 Å². The van der Waals surface area contributed by atoms with E-state index in [1.54, 1.807) is 0 Å². The summed E-state index contributed by atoms with van der Waals surface area (Å²) in [6.45, 7) is 0. The maximum Gasteiger partial charge on any atom is 0.151 e. The molecule has 0 saturated carbocycles. The first-order valence-corrected chi connectivity index (χ1v) is 3.90. The van der Waals surface area contributed by atoms with Crippen molar-refractivity contribution in [2.24, 2.45) is 0 Å². The van der Waals surface area contributed by atoms with Gasteiger partial charge < -0.3 is 0 Å². The van der Waals surface area contributed by atoms with Crippen LogP contribution in [0.2, 0.25) is 0 Å². The zero-order valence-electron chi connectivity index (χ0n) is 7.56. The minimum Gasteiger partial charge on any atom is -0.298 e. The molecule has 0 aromatic heterocycles. The van der Waals surface area contributed by atoms with Gasteiger partial charge in [-0.2, -0.15) is 0 Å². The Bertz CT molecular complexity index is 377. The summed E-state index contributed by atoms with van der Waals surface area (Å²) in [7, 11) is 0. The van der Waals surface area contributed by atoms with Crippen LogP contribution in [0.25, 0.3) is 0 Å². The van der Waals surface area contributed by atoms with E-state index in [2.05, 4.69) is 12.6 Å². The van der Waals surface area contributed by atoms with Crippen molar-refractivity contribution in [3.05, 3.63) is 28.8 Å². The van der Waals surface area contributed by atoms with Gasteiger partial charge in [-0.1, -0.05) is 0 Å². The Morgan fingerprint density at radius 2 is 1.50 bits per heavy atom. The predicted molar refractivity (Wildman–Crippen MR) is 55.6 cm³/mol. The average molecular weight is 217 g/mol. The van der Waals surface area contributed by atoms with Gasteiger partial charge in [0.05, 0.1) is 0 Å². The van der Waals surface area contributed by atoms with Crippen LogP contribution in [0.5, 0.6) is 0 Å². The molecule has 0 N–H and O–H groups in total. The van der Waals surface area contributed by atoms with Crippen LogP contribution in [0, 0.1) is 0 Å². The topological polar surface area (TPSA) is 51.2 Å². The molecule has 0 fully saturated rings. The molecule has 0 unspecified atom stereocenters. The van der Waals surface area contributed by atoms with Crippen molar-refractivity contribution in [3.63, 3.8) is 0 Å². The van der Waals surface area contributed by atoms with Gasteiger partial charge in [-0.25, -0.2) is 0 Å². The van der Waals surface area contributed by atoms with Crippen LogP contribution in [0.3, 0.4) is 0 Å². The van der Waals surface area contributed by atoms with Crippen LogP contribution < -0.4 is 0 Å². The van der Waals surface area contributed by atoms with E-state index >= 15 is 0 Å². The second-order valence-electron chi connectivity index (χ2n) is 2.35. The second kappa shape index (κ2) is 6.14. The number of aldehydes is 3. The second-order valence-corrected chi connectivity index (χ2v) is 2.84. The Kier molecular flexibility index (Phi) is 5.95. The van der Waals surface area contributed by atoms with Crippen molar-refractivity contribution in [1.82, 2.24) is 0 Å². The summed E-state index contributed by atoms with van der Waals surface area (Å²) in [5, 5.41) is 0. The van der Waals surface area contributed by atoms with E-state index in [4.69, 9.17) is 0 Å². The molecule has 3 nitrogen and oxygen atoms in total. The quantitative estimate of drug-likeness (QED) is 0.467. The van der Waals surface area contributed by atoms with E-state index in [1.165, 1.54) is 12.1 Å². The van der Waals surface area contributed by atoms with Crippen molar-refractivity contribution >= 4 is 61.0 Å². The van der Waals surface area contributed by atoms with E-state index in [0.29, 0.717) is 23.8 Å². The van der Waals surface area contributed by atoms with Crippen molar-refractivity contribution in [1.29, 1.82) is 0 Å². The van der Waals surface area contributed by atoms with Crippen molar-refractivity contribution in [2.45, 2.75) is 4.90 Å². The van der Waals surface area contributed by atoms with Gasteiger partial charge in [-0.05, 0) is 12.1 Å². The molecule has 0 aliphatic carbocycles. The fraction of sp³-hybridized carbons (Fsp3) is 0. The minimum absolute atomic E-state index is 0. The summed E-state index contributed by atoms with van der Waals surface area (Å²) < 4.78 is 0. The Morgan fingerprint density at radius 3 is 1.93 bits per heavy atom. The van der Waals surface area contributed by atoms with E-state index in [0.717, 1.165) is 0 Å². The van der Waals surface area contributed by atoms with Crippen molar-refractivity contribution in [2.75, 3.05) is 0 Å². The van der Waals surface area contributed by atoms with Crippen LogP contribution in [-0.2, 0) is 0 Å². The number of thiol groups is 1. The molecule has 0 heterocycles. The normalized spacial score (nSPS) is 8.64. The molecule has 1 aromatic rings. The predicted octanol–water partition coefficient (Wildman–Crippen LogP) is 1.03. The van der Waals surface area contributed by atoms with Crippen LogP contribution >= 0.6 is 12.6 Å². The Hall–Kier alpha value is -0.420. The Morgan fingerprint density at radius 1 is 0.929 bits per heavy atom. The van der Waals surface area contributed by atoms with Gasteiger partial charge >= 0.3 is 0 Å². The number of benzene rings is 1. The molecular formula is C9H6NaO3S. The SMILES string of the molecule is O=Cc1ccc(S)c(C=O)c1C=O.[Na]. The van der Waals surface area contributed by atoms with Gasteiger partial charge in [-0.15, -0.1) is 12.6 Å². The number of rotatable bonds is 3. The van der Waals surface area contributed by atoms with Gasteiger partial charge in [0, 0.05) is 51.1 Å². The summed E-state index contributed by atoms with van der Waals surface area (Å²) in [6, 6.07) is 2.95. The van der Waals surface area contributed by atoms with E-state index in [9.17, 15) is 14.4 Å². The number of carbonyl (C=O) groups excluding carboxylic acids is 3. The molecule has 1 rings (SSSR count). The summed E-state index contributed by atoms with van der Waals surface area (Å²) in [4.78, 5) is 32.0. The molecule has 0 atom stereocenters. The minimum atomic E-state index is 0. The zero-order chi connectivity index (χ0) is 9.84. The molecular weight excluding hydrogens is 211 g/mol. The molecule has 14 heavy (non-hydrogen) atoms. The first kappa shape index (κ1) is 13.6. The molecule has 0 bridgehead atoms. The molecule has 0 aliphatic rings. The van der Waals surface area contributed by atoms with Crippen LogP contribution in [-0.4, -0.2) is 48.4 Å². The molecule has 67 valence electrons. The fourth-order valence-corrected chi connectivity index (χ4v) is 1.25. The summed E-state index contributed by atoms with van der Waals surface area (Å²) >= 11 is 3.98. The molecule has 0 amide bonds. The summed E-state index contributed by atoms with van der Waals surface area (Å²) in [5.74, 6) is 0. The first-order valence-electron chi connectivity index (χ1n) is 3.46. The third kappa shape index (κ3) is 2.54. The van der Waals surface area contributed by atoms with Gasteiger partial charge in [0.1, 0.15) is 0 Å². The van der Waals surface area contributed by atoms with Gasteiger partial charge in [0.2, 0.25) is 0 Å². The largest absolute Gasteiger partial charge is 0.298 e. The van der Waals surface area contributed by atoms with Crippen LogP contribution in [0.4, 0.5) is 0 Å². The molecule has 0 aliphatic heterocycles. The standard InChI is InChI=1S/C9H6O3S.Na/c10-3-6-1-2-9(13)8(5-12)7(6)4-11;/h1-5,13H;. The van der Waals surface area contributed by atoms with Crippen molar-refractivity contribution in [3.8, 4) is 0 Å². The van der Waals surface area contributed by atoms with Gasteiger partial charge in [0.15, 0.2) is 18.9 Å². The van der Waals surface area contributed by atoms with Gasteiger partial charge in [-0.3, -0.25) is 14.4 Å². The molecule has 0 spiro atoms. The number of hydrogen-bond acceptors (Lipinski definition) is 4. The summed E-state index contributed by atoms with van der Waals surface area (Å²) in [5.41, 5.74) is 0.454. The third-order valence-electron chi connectivity index (χ3n) is 1.66. The maximum absolute atomic E-state index is 10.6. The number of hydrogen-bond donors (Lipinski definition) is 1. The Balaban J connectivity index is 0.00000169.